The van der Waals surface area contributed by atoms with Gasteiger partial charge in [-0.2, -0.15) is 10.2 Å². The van der Waals surface area contributed by atoms with Crippen molar-refractivity contribution < 1.29 is 4.79 Å². The molecule has 0 aliphatic carbocycles. The minimum atomic E-state index is -0.223. The van der Waals surface area contributed by atoms with Gasteiger partial charge in [0.25, 0.3) is 5.91 Å². The van der Waals surface area contributed by atoms with Gasteiger partial charge in [-0.1, -0.05) is 18.6 Å². The lowest BCUT2D eigenvalue weighted by molar-refractivity contribution is 0.102. The van der Waals surface area contributed by atoms with Crippen molar-refractivity contribution in [3.63, 3.8) is 0 Å². The summed E-state index contributed by atoms with van der Waals surface area (Å²) < 4.78 is 3.60. The molecule has 0 bridgehead atoms. The number of amides is 1. The molecule has 8 nitrogen and oxygen atoms in total. The van der Waals surface area contributed by atoms with Gasteiger partial charge in [-0.15, -0.1) is 0 Å². The normalized spacial score (nSPS) is 14.6. The third-order valence-corrected chi connectivity index (χ3v) is 6.26. The van der Waals surface area contributed by atoms with Crippen LogP contribution in [0.4, 0.5) is 5.69 Å². The average Bonchev–Trinajstić information content (AvgIpc) is 3.44. The number of fused-ring (bicyclic) bond motifs is 1. The molecule has 1 aromatic carbocycles. The Morgan fingerprint density at radius 3 is 2.61 bits per heavy atom. The van der Waals surface area contributed by atoms with Gasteiger partial charge in [-0.05, 0) is 63.5 Å². The molecule has 1 aliphatic rings. The molecule has 0 radical (unpaired) electrons. The first-order valence-corrected chi connectivity index (χ1v) is 11.6. The summed E-state index contributed by atoms with van der Waals surface area (Å²) in [6.45, 7) is 8.11. The van der Waals surface area contributed by atoms with Gasteiger partial charge >= 0.3 is 0 Å². The minimum Gasteiger partial charge on any atom is -0.322 e. The first-order chi connectivity index (χ1) is 16.1. The third kappa shape index (κ3) is 4.39. The van der Waals surface area contributed by atoms with E-state index in [1.165, 1.54) is 37.9 Å². The van der Waals surface area contributed by atoms with Crippen LogP contribution < -0.4 is 5.32 Å². The molecular formula is C25H29N7O. The Morgan fingerprint density at radius 2 is 1.88 bits per heavy atom. The number of likely N-dealkylation sites (tertiary alicyclic amines) is 1. The fourth-order valence-corrected chi connectivity index (χ4v) is 4.45. The molecular weight excluding hydrogens is 414 g/mol. The summed E-state index contributed by atoms with van der Waals surface area (Å²) in [6, 6.07) is 10.00. The second-order valence-corrected chi connectivity index (χ2v) is 8.60. The zero-order chi connectivity index (χ0) is 22.8. The first-order valence-electron chi connectivity index (χ1n) is 11.6. The highest BCUT2D eigenvalue weighted by atomic mass is 16.1. The summed E-state index contributed by atoms with van der Waals surface area (Å²) in [5.41, 5.74) is 5.74. The zero-order valence-corrected chi connectivity index (χ0v) is 19.2. The maximum absolute atomic E-state index is 13.0. The number of carbonyl (C=O) groups is 1. The standard InChI is InChI=1S/C25H29N7O/c1-3-31-17-22(18(2)29-31)23-11-12-26-24-21(15-27-32(23)24)25(33)28-20-9-7-19(8-10-20)16-30-13-5-4-6-14-30/h7-12,15,17H,3-6,13-14,16H2,1-2H3,(H,28,33). The van der Waals surface area contributed by atoms with E-state index in [4.69, 9.17) is 0 Å². The molecule has 170 valence electrons. The summed E-state index contributed by atoms with van der Waals surface area (Å²) in [5, 5.41) is 12.0. The molecule has 1 aliphatic heterocycles. The Bertz CT molecular complexity index is 1270. The molecule has 4 heterocycles. The molecule has 5 rings (SSSR count). The molecule has 0 unspecified atom stereocenters. The third-order valence-electron chi connectivity index (χ3n) is 6.26. The number of nitrogens with zero attached hydrogens (tertiary/aromatic N) is 6. The predicted molar refractivity (Wildman–Crippen MR) is 128 cm³/mol. The van der Waals surface area contributed by atoms with Crippen LogP contribution in [0.15, 0.2) is 48.9 Å². The van der Waals surface area contributed by atoms with Crippen LogP contribution in [0.5, 0.6) is 0 Å². The Morgan fingerprint density at radius 1 is 1.09 bits per heavy atom. The molecule has 4 aromatic rings. The van der Waals surface area contributed by atoms with Gasteiger partial charge < -0.3 is 5.32 Å². The fourth-order valence-electron chi connectivity index (χ4n) is 4.45. The van der Waals surface area contributed by atoms with Crippen molar-refractivity contribution in [3.05, 3.63) is 65.7 Å². The number of rotatable bonds is 6. The van der Waals surface area contributed by atoms with E-state index in [2.05, 4.69) is 44.5 Å². The van der Waals surface area contributed by atoms with Crippen LogP contribution in [-0.4, -0.2) is 48.3 Å². The molecule has 1 fully saturated rings. The first kappa shape index (κ1) is 21.3. The van der Waals surface area contributed by atoms with Gasteiger partial charge in [-0.25, -0.2) is 9.50 Å². The lowest BCUT2D eigenvalue weighted by Crippen LogP contribution is -2.29. The number of hydrogen-bond acceptors (Lipinski definition) is 5. The van der Waals surface area contributed by atoms with Crippen LogP contribution in [0.1, 0.15) is 47.8 Å². The highest BCUT2D eigenvalue weighted by Crippen LogP contribution is 2.24. The van der Waals surface area contributed by atoms with Gasteiger partial charge in [0.15, 0.2) is 5.65 Å². The Kier molecular flexibility index (Phi) is 5.92. The number of hydrogen-bond donors (Lipinski definition) is 1. The van der Waals surface area contributed by atoms with Crippen LogP contribution in [0, 0.1) is 6.92 Å². The lowest BCUT2D eigenvalue weighted by atomic mass is 10.1. The zero-order valence-electron chi connectivity index (χ0n) is 19.2. The molecule has 0 saturated carbocycles. The van der Waals surface area contributed by atoms with E-state index in [1.54, 1.807) is 16.9 Å². The van der Waals surface area contributed by atoms with E-state index in [0.29, 0.717) is 11.2 Å². The highest BCUT2D eigenvalue weighted by molar-refractivity contribution is 6.08. The Labute approximate surface area is 193 Å². The summed E-state index contributed by atoms with van der Waals surface area (Å²) in [7, 11) is 0. The van der Waals surface area contributed by atoms with Gasteiger partial charge in [0.1, 0.15) is 5.56 Å². The number of benzene rings is 1. The molecule has 0 atom stereocenters. The molecule has 1 amide bonds. The van der Waals surface area contributed by atoms with Crippen molar-refractivity contribution in [1.82, 2.24) is 29.3 Å². The smallest absolute Gasteiger partial charge is 0.261 e. The van der Waals surface area contributed by atoms with Crippen LogP contribution in [0.2, 0.25) is 0 Å². The number of carbonyl (C=O) groups excluding carboxylic acids is 1. The number of nitrogens with one attached hydrogen (secondary N) is 1. The van der Waals surface area contributed by atoms with E-state index in [1.807, 2.05) is 36.0 Å². The van der Waals surface area contributed by atoms with E-state index >= 15 is 0 Å². The fraction of sp³-hybridized carbons (Fsp3) is 0.360. The molecule has 8 heteroatoms. The molecule has 1 N–H and O–H groups in total. The minimum absolute atomic E-state index is 0.223. The summed E-state index contributed by atoms with van der Waals surface area (Å²) >= 11 is 0. The topological polar surface area (TPSA) is 80.4 Å². The van der Waals surface area contributed by atoms with Crippen LogP contribution in [-0.2, 0) is 13.1 Å². The second-order valence-electron chi connectivity index (χ2n) is 8.60. The van der Waals surface area contributed by atoms with Crippen LogP contribution in [0.3, 0.4) is 0 Å². The summed E-state index contributed by atoms with van der Waals surface area (Å²) in [6.07, 6.45) is 9.18. The lowest BCUT2D eigenvalue weighted by Gasteiger charge is -2.26. The van der Waals surface area contributed by atoms with Crippen LogP contribution >= 0.6 is 0 Å². The quantitative estimate of drug-likeness (QED) is 0.484. The van der Waals surface area contributed by atoms with Crippen molar-refractivity contribution >= 4 is 17.2 Å². The van der Waals surface area contributed by atoms with E-state index in [-0.39, 0.29) is 5.91 Å². The Balaban J connectivity index is 1.34. The number of anilines is 1. The van der Waals surface area contributed by atoms with Gasteiger partial charge in [-0.3, -0.25) is 14.4 Å². The second kappa shape index (κ2) is 9.15. The average molecular weight is 444 g/mol. The van der Waals surface area contributed by atoms with Crippen molar-refractivity contribution in [3.8, 4) is 11.3 Å². The monoisotopic (exact) mass is 443 g/mol. The van der Waals surface area contributed by atoms with E-state index in [0.717, 1.165) is 35.7 Å². The van der Waals surface area contributed by atoms with Crippen LogP contribution in [0.25, 0.3) is 16.9 Å². The maximum Gasteiger partial charge on any atom is 0.261 e. The van der Waals surface area contributed by atoms with Gasteiger partial charge in [0.2, 0.25) is 0 Å². The number of aryl methyl sites for hydroxylation is 2. The largest absolute Gasteiger partial charge is 0.322 e. The molecule has 3 aromatic heterocycles. The van der Waals surface area contributed by atoms with Crippen molar-refractivity contribution in [1.29, 1.82) is 0 Å². The molecule has 33 heavy (non-hydrogen) atoms. The van der Waals surface area contributed by atoms with Crippen molar-refractivity contribution in [2.45, 2.75) is 46.2 Å². The van der Waals surface area contributed by atoms with E-state index in [9.17, 15) is 4.79 Å². The molecule has 1 saturated heterocycles. The Hall–Kier alpha value is -3.52. The number of piperidine rings is 1. The van der Waals surface area contributed by atoms with Gasteiger partial charge in [0.05, 0.1) is 17.6 Å². The number of aromatic nitrogens is 5. The van der Waals surface area contributed by atoms with E-state index < -0.39 is 0 Å². The molecule has 0 spiro atoms. The maximum atomic E-state index is 13.0. The summed E-state index contributed by atoms with van der Waals surface area (Å²) in [5.74, 6) is -0.223. The van der Waals surface area contributed by atoms with Crippen molar-refractivity contribution in [2.75, 3.05) is 18.4 Å². The van der Waals surface area contributed by atoms with Crippen molar-refractivity contribution in [2.24, 2.45) is 0 Å². The predicted octanol–water partition coefficient (Wildman–Crippen LogP) is 4.16. The highest BCUT2D eigenvalue weighted by Gasteiger charge is 2.18. The SMILES string of the molecule is CCn1cc(-c2ccnc3c(C(=O)Nc4ccc(CN5CCCCC5)cc4)cnn23)c(C)n1. The summed E-state index contributed by atoms with van der Waals surface area (Å²) in [4.78, 5) is 20.0. The van der Waals surface area contributed by atoms with Gasteiger partial charge in [0, 0.05) is 36.7 Å².